The highest BCUT2D eigenvalue weighted by Crippen LogP contribution is 2.25. The molecule has 1 aromatic heterocycles. The van der Waals surface area contributed by atoms with E-state index in [1.54, 1.807) is 29.1 Å². The molecule has 1 aromatic carbocycles. The zero-order valence-corrected chi connectivity index (χ0v) is 8.97. The number of rotatable bonds is 1. The van der Waals surface area contributed by atoms with Crippen LogP contribution in [0.2, 0.25) is 0 Å². The topological polar surface area (TPSA) is 50.4 Å². The number of nitrogens with zero attached hydrogens (tertiary/aromatic N) is 3. The van der Waals surface area contributed by atoms with Crippen molar-refractivity contribution in [3.8, 4) is 5.69 Å². The molecule has 1 N–H and O–H groups in total. The van der Waals surface area contributed by atoms with Crippen molar-refractivity contribution >= 4 is 5.71 Å². The summed E-state index contributed by atoms with van der Waals surface area (Å²) in [5, 5.41) is 16.2. The zero-order valence-electron chi connectivity index (χ0n) is 8.97. The van der Waals surface area contributed by atoms with E-state index >= 15 is 0 Å². The molecule has 0 atom stereocenters. The molecule has 5 heteroatoms. The van der Waals surface area contributed by atoms with Crippen LogP contribution < -0.4 is 0 Å². The Kier molecular flexibility index (Phi) is 2.18. The quantitative estimate of drug-likeness (QED) is 0.603. The number of halogens is 1. The third kappa shape index (κ3) is 1.43. The van der Waals surface area contributed by atoms with Crippen molar-refractivity contribution < 1.29 is 9.60 Å². The zero-order chi connectivity index (χ0) is 11.8. The van der Waals surface area contributed by atoms with Gasteiger partial charge in [-0.05, 0) is 25.0 Å². The van der Waals surface area contributed by atoms with E-state index in [-0.39, 0.29) is 5.82 Å². The Bertz CT molecular complexity index is 604. The van der Waals surface area contributed by atoms with E-state index in [0.717, 1.165) is 11.3 Å². The Balaban J connectivity index is 2.16. The fourth-order valence-electron chi connectivity index (χ4n) is 2.16. The van der Waals surface area contributed by atoms with Crippen molar-refractivity contribution in [2.24, 2.45) is 5.16 Å². The van der Waals surface area contributed by atoms with Crippen LogP contribution in [0.15, 0.2) is 35.6 Å². The lowest BCUT2D eigenvalue weighted by Crippen LogP contribution is -2.03. The molecule has 3 rings (SSSR count). The fraction of sp³-hybridized carbons (Fsp3) is 0.167. The SMILES string of the molecule is O/N=C1\CCc2c1cnn2-c1ccccc1F. The number of hydrogen-bond acceptors (Lipinski definition) is 3. The summed E-state index contributed by atoms with van der Waals surface area (Å²) >= 11 is 0. The first-order valence-electron chi connectivity index (χ1n) is 5.34. The van der Waals surface area contributed by atoms with E-state index in [1.807, 2.05) is 0 Å². The lowest BCUT2D eigenvalue weighted by molar-refractivity contribution is 0.318. The molecular weight excluding hydrogens is 221 g/mol. The molecule has 0 radical (unpaired) electrons. The maximum absolute atomic E-state index is 13.7. The molecule has 1 aliphatic rings. The largest absolute Gasteiger partial charge is 0.411 e. The summed E-state index contributed by atoms with van der Waals surface area (Å²) in [7, 11) is 0. The Morgan fingerprint density at radius 3 is 2.88 bits per heavy atom. The molecule has 0 bridgehead atoms. The minimum Gasteiger partial charge on any atom is -0.411 e. The monoisotopic (exact) mass is 231 g/mol. The molecule has 0 unspecified atom stereocenters. The molecule has 0 fully saturated rings. The predicted molar refractivity (Wildman–Crippen MR) is 60.2 cm³/mol. The lowest BCUT2D eigenvalue weighted by Gasteiger charge is -2.05. The van der Waals surface area contributed by atoms with Crippen LogP contribution in [0.3, 0.4) is 0 Å². The number of aromatic nitrogens is 2. The van der Waals surface area contributed by atoms with E-state index in [4.69, 9.17) is 5.21 Å². The van der Waals surface area contributed by atoms with Crippen molar-refractivity contribution in [2.75, 3.05) is 0 Å². The highest BCUT2D eigenvalue weighted by atomic mass is 19.1. The number of benzene rings is 1. The van der Waals surface area contributed by atoms with Gasteiger partial charge in [0.15, 0.2) is 0 Å². The van der Waals surface area contributed by atoms with Gasteiger partial charge in [0.1, 0.15) is 11.5 Å². The number of oxime groups is 1. The maximum atomic E-state index is 13.7. The van der Waals surface area contributed by atoms with E-state index in [1.165, 1.54) is 6.07 Å². The van der Waals surface area contributed by atoms with E-state index in [2.05, 4.69) is 10.3 Å². The van der Waals surface area contributed by atoms with Gasteiger partial charge in [-0.3, -0.25) is 0 Å². The molecule has 0 amide bonds. The summed E-state index contributed by atoms with van der Waals surface area (Å²) in [5.74, 6) is -0.312. The summed E-state index contributed by atoms with van der Waals surface area (Å²) in [6, 6.07) is 6.49. The third-order valence-corrected chi connectivity index (χ3v) is 2.98. The van der Waals surface area contributed by atoms with Gasteiger partial charge in [0, 0.05) is 5.56 Å². The molecule has 0 aliphatic heterocycles. The van der Waals surface area contributed by atoms with Gasteiger partial charge in [0.05, 0.1) is 17.6 Å². The van der Waals surface area contributed by atoms with Crippen LogP contribution >= 0.6 is 0 Å². The van der Waals surface area contributed by atoms with Crippen LogP contribution in [0, 0.1) is 5.82 Å². The van der Waals surface area contributed by atoms with Crippen LogP contribution in [0.5, 0.6) is 0 Å². The molecule has 0 spiro atoms. The first-order valence-corrected chi connectivity index (χ1v) is 5.34. The molecule has 1 aliphatic carbocycles. The third-order valence-electron chi connectivity index (χ3n) is 2.98. The van der Waals surface area contributed by atoms with Crippen molar-refractivity contribution in [3.05, 3.63) is 47.5 Å². The fourth-order valence-corrected chi connectivity index (χ4v) is 2.16. The van der Waals surface area contributed by atoms with Crippen LogP contribution in [-0.2, 0) is 6.42 Å². The molecule has 4 nitrogen and oxygen atoms in total. The molecule has 1 heterocycles. The van der Waals surface area contributed by atoms with Gasteiger partial charge in [-0.25, -0.2) is 9.07 Å². The van der Waals surface area contributed by atoms with Crippen LogP contribution in [0.4, 0.5) is 4.39 Å². The minimum atomic E-state index is -0.312. The maximum Gasteiger partial charge on any atom is 0.148 e. The van der Waals surface area contributed by atoms with Gasteiger partial charge in [0.25, 0.3) is 0 Å². The van der Waals surface area contributed by atoms with Crippen molar-refractivity contribution in [1.82, 2.24) is 9.78 Å². The Labute approximate surface area is 97.0 Å². The van der Waals surface area contributed by atoms with Gasteiger partial charge in [-0.15, -0.1) is 0 Å². The molecule has 17 heavy (non-hydrogen) atoms. The summed E-state index contributed by atoms with van der Waals surface area (Å²) < 4.78 is 15.2. The van der Waals surface area contributed by atoms with Crippen molar-refractivity contribution in [3.63, 3.8) is 0 Å². The van der Waals surface area contributed by atoms with Gasteiger partial charge < -0.3 is 5.21 Å². The normalized spacial score (nSPS) is 16.4. The molecular formula is C12H10FN3O. The van der Waals surface area contributed by atoms with E-state index < -0.39 is 0 Å². The number of para-hydroxylation sites is 1. The molecule has 2 aromatic rings. The highest BCUT2D eigenvalue weighted by Gasteiger charge is 2.24. The summed E-state index contributed by atoms with van der Waals surface area (Å²) in [6.07, 6.45) is 2.99. The second kappa shape index (κ2) is 3.69. The van der Waals surface area contributed by atoms with Crippen molar-refractivity contribution in [1.29, 1.82) is 0 Å². The number of fused-ring (bicyclic) bond motifs is 1. The molecule has 0 saturated carbocycles. The second-order valence-corrected chi connectivity index (χ2v) is 3.91. The molecule has 0 saturated heterocycles. The molecule has 86 valence electrons. The Morgan fingerprint density at radius 2 is 2.12 bits per heavy atom. The van der Waals surface area contributed by atoms with E-state index in [9.17, 15) is 4.39 Å². The van der Waals surface area contributed by atoms with Gasteiger partial charge >= 0.3 is 0 Å². The first kappa shape index (κ1) is 10.0. The smallest absolute Gasteiger partial charge is 0.148 e. The Morgan fingerprint density at radius 1 is 1.29 bits per heavy atom. The second-order valence-electron chi connectivity index (χ2n) is 3.91. The lowest BCUT2D eigenvalue weighted by atomic mass is 10.2. The van der Waals surface area contributed by atoms with E-state index in [0.29, 0.717) is 24.2 Å². The van der Waals surface area contributed by atoms with Crippen molar-refractivity contribution in [2.45, 2.75) is 12.8 Å². The Hall–Kier alpha value is -2.17. The van der Waals surface area contributed by atoms with Crippen LogP contribution in [-0.4, -0.2) is 20.7 Å². The van der Waals surface area contributed by atoms with Crippen LogP contribution in [0.1, 0.15) is 17.7 Å². The average Bonchev–Trinajstić information content (AvgIpc) is 2.90. The standard InChI is InChI=1S/C12H10FN3O/c13-9-3-1-2-4-12(9)16-11-6-5-10(15-17)8(11)7-14-16/h1-4,7,17H,5-6H2/b15-10+. The minimum absolute atomic E-state index is 0.312. The summed E-state index contributed by atoms with van der Waals surface area (Å²) in [6.45, 7) is 0. The van der Waals surface area contributed by atoms with Gasteiger partial charge in [0.2, 0.25) is 0 Å². The van der Waals surface area contributed by atoms with Gasteiger partial charge in [-0.1, -0.05) is 17.3 Å². The summed E-state index contributed by atoms with van der Waals surface area (Å²) in [4.78, 5) is 0. The first-order chi connectivity index (χ1) is 8.31. The summed E-state index contributed by atoms with van der Waals surface area (Å²) in [5.41, 5.74) is 2.73. The number of hydrogen-bond donors (Lipinski definition) is 1. The van der Waals surface area contributed by atoms with Gasteiger partial charge in [-0.2, -0.15) is 5.10 Å². The highest BCUT2D eigenvalue weighted by molar-refractivity contribution is 6.03. The predicted octanol–water partition coefficient (Wildman–Crippen LogP) is 2.14. The van der Waals surface area contributed by atoms with Crippen LogP contribution in [0.25, 0.3) is 5.69 Å². The average molecular weight is 231 g/mol.